The molecule has 0 aliphatic rings. The van der Waals surface area contributed by atoms with Crippen LogP contribution in [-0.2, 0) is 0 Å². The van der Waals surface area contributed by atoms with Crippen LogP contribution in [0.4, 0.5) is 0 Å². The Kier molecular flexibility index (Phi) is 2.32. The van der Waals surface area contributed by atoms with Gasteiger partial charge in [0.05, 0.1) is 29.8 Å². The van der Waals surface area contributed by atoms with Gasteiger partial charge in [-0.15, -0.1) is 5.10 Å². The highest BCUT2D eigenvalue weighted by atomic mass is 16.4. The second kappa shape index (κ2) is 3.79. The normalized spacial score (nSPS) is 9.87. The van der Waals surface area contributed by atoms with E-state index in [-0.39, 0.29) is 11.4 Å². The zero-order valence-electron chi connectivity index (χ0n) is 7.57. The summed E-state index contributed by atoms with van der Waals surface area (Å²) in [5, 5.41) is 21.2. The Labute approximate surface area is 84.8 Å². The van der Waals surface area contributed by atoms with Gasteiger partial charge < -0.3 is 9.90 Å². The van der Waals surface area contributed by atoms with Crippen LogP contribution < -0.4 is 9.67 Å². The second-order valence-corrected chi connectivity index (χ2v) is 2.74. The summed E-state index contributed by atoms with van der Waals surface area (Å²) in [6.45, 7) is 0. The third-order valence-electron chi connectivity index (χ3n) is 1.80. The second-order valence-electron chi connectivity index (χ2n) is 2.74. The minimum atomic E-state index is -1.33. The third kappa shape index (κ3) is 1.78. The Balaban J connectivity index is 2.58. The van der Waals surface area contributed by atoms with Gasteiger partial charge in [0.15, 0.2) is 0 Å². The number of carboxylic acids is 1. The van der Waals surface area contributed by atoms with Crippen molar-refractivity contribution in [2.75, 3.05) is 0 Å². The van der Waals surface area contributed by atoms with Gasteiger partial charge in [0.1, 0.15) is 10.7 Å². The van der Waals surface area contributed by atoms with Crippen LogP contribution in [0.5, 0.6) is 0 Å². The first-order valence-electron chi connectivity index (χ1n) is 4.15. The number of hydrogen-bond acceptors (Lipinski definition) is 5. The van der Waals surface area contributed by atoms with Crippen molar-refractivity contribution in [3.05, 3.63) is 42.4 Å². The van der Waals surface area contributed by atoms with Crippen LogP contribution in [0.25, 0.3) is 5.82 Å². The van der Waals surface area contributed by atoms with E-state index < -0.39 is 5.97 Å². The van der Waals surface area contributed by atoms with E-state index in [2.05, 4.69) is 15.4 Å². The third-order valence-corrected chi connectivity index (χ3v) is 1.80. The first-order valence-corrected chi connectivity index (χ1v) is 4.15. The number of carbonyl (C=O) groups excluding carboxylic acids is 1. The molecule has 0 N–H and O–H groups in total. The number of pyridine rings is 1. The summed E-state index contributed by atoms with van der Waals surface area (Å²) in [5.41, 5.74) is -0.0961. The predicted octanol–water partition coefficient (Wildman–Crippen LogP) is -1.49. The molecule has 0 unspecified atom stereocenters. The van der Waals surface area contributed by atoms with Crippen molar-refractivity contribution in [2.45, 2.75) is 0 Å². The number of rotatable bonds is 2. The van der Waals surface area contributed by atoms with Crippen LogP contribution in [0.15, 0.2) is 36.8 Å². The van der Waals surface area contributed by atoms with Crippen LogP contribution >= 0.6 is 0 Å². The van der Waals surface area contributed by atoms with Crippen LogP contribution in [0.1, 0.15) is 10.4 Å². The highest BCUT2D eigenvalue weighted by Gasteiger charge is 2.16. The topological polar surface area (TPSA) is 82.7 Å². The molecule has 0 saturated heterocycles. The molecule has 2 aromatic heterocycles. The number of hydrogen-bond donors (Lipinski definition) is 0. The maximum absolute atomic E-state index is 10.8. The lowest BCUT2D eigenvalue weighted by Crippen LogP contribution is -2.36. The van der Waals surface area contributed by atoms with Gasteiger partial charge >= 0.3 is 5.82 Å². The van der Waals surface area contributed by atoms with E-state index in [9.17, 15) is 9.90 Å². The number of nitrogens with zero attached hydrogens (tertiary/aromatic N) is 4. The fraction of sp³-hybridized carbons (Fsp3) is 0. The average molecular weight is 202 g/mol. The lowest BCUT2D eigenvalue weighted by molar-refractivity contribution is -0.600. The molecule has 6 nitrogen and oxygen atoms in total. The standard InChI is InChI=1S/C9H6N4O2/c14-9(15)7-6-10-12-11-8(7)13-4-2-1-3-5-13/h1-6H. The van der Waals surface area contributed by atoms with Gasteiger partial charge in [0.2, 0.25) is 0 Å². The Bertz CT molecular complexity index is 486. The molecule has 2 rings (SSSR count). The molecule has 0 fully saturated rings. The van der Waals surface area contributed by atoms with Crippen LogP contribution in [0.3, 0.4) is 0 Å². The van der Waals surface area contributed by atoms with Crippen molar-refractivity contribution < 1.29 is 14.5 Å². The van der Waals surface area contributed by atoms with Crippen molar-refractivity contribution in [3.8, 4) is 5.82 Å². The summed E-state index contributed by atoms with van der Waals surface area (Å²) < 4.78 is 1.53. The van der Waals surface area contributed by atoms with E-state index in [0.29, 0.717) is 0 Å². The zero-order valence-corrected chi connectivity index (χ0v) is 7.57. The Morgan fingerprint density at radius 1 is 1.27 bits per heavy atom. The largest absolute Gasteiger partial charge is 0.544 e. The van der Waals surface area contributed by atoms with E-state index in [1.165, 1.54) is 4.57 Å². The highest BCUT2D eigenvalue weighted by molar-refractivity contribution is 5.87. The van der Waals surface area contributed by atoms with Gasteiger partial charge in [0, 0.05) is 0 Å². The maximum atomic E-state index is 10.8. The molecular weight excluding hydrogens is 196 g/mol. The molecule has 2 aromatic rings. The number of carbonyl (C=O) groups is 1. The Morgan fingerprint density at radius 2 is 2.00 bits per heavy atom. The molecule has 0 aliphatic carbocycles. The van der Waals surface area contributed by atoms with Crippen molar-refractivity contribution in [1.82, 2.24) is 15.4 Å². The van der Waals surface area contributed by atoms with Gasteiger partial charge in [-0.05, 0) is 12.1 Å². The summed E-state index contributed by atoms with van der Waals surface area (Å²) in [6.07, 6.45) is 4.44. The Hall–Kier alpha value is -2.37. The van der Waals surface area contributed by atoms with Crippen LogP contribution in [0, 0.1) is 0 Å². The molecule has 0 amide bonds. The number of carboxylic acid groups (broad SMARTS) is 1. The first-order chi connectivity index (χ1) is 7.29. The fourth-order valence-corrected chi connectivity index (χ4v) is 1.14. The van der Waals surface area contributed by atoms with Crippen molar-refractivity contribution in [3.63, 3.8) is 0 Å². The van der Waals surface area contributed by atoms with E-state index >= 15 is 0 Å². The maximum Gasteiger partial charge on any atom is 0.367 e. The molecule has 0 bridgehead atoms. The summed E-state index contributed by atoms with van der Waals surface area (Å²) in [5.74, 6) is -1.14. The number of aromatic nitrogens is 4. The van der Waals surface area contributed by atoms with Gasteiger partial charge in [0.25, 0.3) is 0 Å². The summed E-state index contributed by atoms with van der Waals surface area (Å²) in [7, 11) is 0. The quantitative estimate of drug-likeness (QED) is 0.554. The molecule has 15 heavy (non-hydrogen) atoms. The van der Waals surface area contributed by atoms with E-state index in [1.807, 2.05) is 6.07 Å². The minimum Gasteiger partial charge on any atom is -0.544 e. The molecule has 0 aromatic carbocycles. The Morgan fingerprint density at radius 3 is 2.67 bits per heavy atom. The van der Waals surface area contributed by atoms with Gasteiger partial charge in [-0.1, -0.05) is 6.07 Å². The molecule has 0 saturated carbocycles. The molecule has 74 valence electrons. The fourth-order valence-electron chi connectivity index (χ4n) is 1.14. The predicted molar refractivity (Wildman–Crippen MR) is 45.7 cm³/mol. The summed E-state index contributed by atoms with van der Waals surface area (Å²) >= 11 is 0. The molecule has 0 aliphatic heterocycles. The molecule has 2 heterocycles. The summed E-state index contributed by atoms with van der Waals surface area (Å²) in [6, 6.07) is 5.31. The molecule has 0 atom stereocenters. The monoisotopic (exact) mass is 202 g/mol. The molecule has 6 heteroatoms. The smallest absolute Gasteiger partial charge is 0.367 e. The molecular formula is C9H6N4O2. The molecule has 0 radical (unpaired) electrons. The molecule has 0 spiro atoms. The van der Waals surface area contributed by atoms with Gasteiger partial charge in [-0.25, -0.2) is 4.57 Å². The lowest BCUT2D eigenvalue weighted by atomic mass is 10.3. The zero-order chi connectivity index (χ0) is 10.7. The highest BCUT2D eigenvalue weighted by Crippen LogP contribution is 1.99. The van der Waals surface area contributed by atoms with E-state index in [1.54, 1.807) is 24.5 Å². The van der Waals surface area contributed by atoms with E-state index in [4.69, 9.17) is 0 Å². The summed E-state index contributed by atoms with van der Waals surface area (Å²) in [4.78, 5) is 10.8. The van der Waals surface area contributed by atoms with Gasteiger partial charge in [-0.2, -0.15) is 0 Å². The first kappa shape index (κ1) is 9.20. The van der Waals surface area contributed by atoms with Crippen molar-refractivity contribution in [1.29, 1.82) is 0 Å². The van der Waals surface area contributed by atoms with Gasteiger partial charge in [-0.3, -0.25) is 0 Å². The van der Waals surface area contributed by atoms with Crippen LogP contribution in [0.2, 0.25) is 0 Å². The SMILES string of the molecule is O=C([O-])c1cnnnc1-[n+]1ccccc1. The minimum absolute atomic E-state index is 0.0961. The van der Waals surface area contributed by atoms with Crippen molar-refractivity contribution in [2.24, 2.45) is 0 Å². The lowest BCUT2D eigenvalue weighted by Gasteiger charge is -2.01. The van der Waals surface area contributed by atoms with Crippen LogP contribution in [-0.4, -0.2) is 21.4 Å². The number of aromatic carboxylic acids is 1. The van der Waals surface area contributed by atoms with E-state index in [0.717, 1.165) is 6.20 Å². The van der Waals surface area contributed by atoms with Crippen molar-refractivity contribution >= 4 is 5.97 Å². The average Bonchev–Trinajstić information content (AvgIpc) is 2.30.